The van der Waals surface area contributed by atoms with Crippen LogP contribution in [0.15, 0.2) is 30.3 Å². The van der Waals surface area contributed by atoms with E-state index < -0.39 is 0 Å². The lowest BCUT2D eigenvalue weighted by molar-refractivity contribution is 0.0942. The van der Waals surface area contributed by atoms with Gasteiger partial charge < -0.3 is 29.0 Å². The van der Waals surface area contributed by atoms with Crippen molar-refractivity contribution in [2.24, 2.45) is 0 Å². The fourth-order valence-electron chi connectivity index (χ4n) is 4.56. The highest BCUT2D eigenvalue weighted by molar-refractivity contribution is 5.95. The van der Waals surface area contributed by atoms with Crippen molar-refractivity contribution in [1.82, 2.24) is 5.32 Å². The fraction of sp³-hybridized carbons (Fsp3) is 0.458. The standard InChI is InChI=1S/C24H29NO6/c1-27-20-12-16(13-21(28-2)22(20)29-3)23(26)25-15-24(8-4-5-9-24)17-6-7-18-19(14-17)31-11-10-30-18/h6-7,12-14H,4-5,8-11,15H2,1-3H3,(H,25,26). The van der Waals surface area contributed by atoms with Gasteiger partial charge in [0.25, 0.3) is 5.91 Å². The Balaban J connectivity index is 1.56. The second-order valence-corrected chi connectivity index (χ2v) is 7.94. The quantitative estimate of drug-likeness (QED) is 0.726. The number of methoxy groups -OCH3 is 3. The van der Waals surface area contributed by atoms with E-state index in [4.69, 9.17) is 23.7 Å². The van der Waals surface area contributed by atoms with Crippen LogP contribution in [0.1, 0.15) is 41.6 Å². The number of nitrogens with one attached hydrogen (secondary N) is 1. The van der Waals surface area contributed by atoms with Gasteiger partial charge in [-0.15, -0.1) is 0 Å². The van der Waals surface area contributed by atoms with Crippen LogP contribution in [-0.2, 0) is 5.41 Å². The Kier molecular flexibility index (Phi) is 6.11. The Morgan fingerprint density at radius 1 is 0.935 bits per heavy atom. The molecule has 0 unspecified atom stereocenters. The van der Waals surface area contributed by atoms with Gasteiger partial charge in [0.2, 0.25) is 5.75 Å². The summed E-state index contributed by atoms with van der Waals surface area (Å²) in [4.78, 5) is 13.0. The Bertz CT molecular complexity index is 926. The fourth-order valence-corrected chi connectivity index (χ4v) is 4.56. The first kappa shape index (κ1) is 21.2. The average molecular weight is 427 g/mol. The molecule has 1 aliphatic carbocycles. The number of rotatable bonds is 7. The van der Waals surface area contributed by atoms with Gasteiger partial charge in [0, 0.05) is 17.5 Å². The molecule has 2 aromatic rings. The van der Waals surface area contributed by atoms with E-state index in [0.29, 0.717) is 42.6 Å². The van der Waals surface area contributed by atoms with E-state index in [1.165, 1.54) is 26.9 Å². The van der Waals surface area contributed by atoms with Crippen molar-refractivity contribution >= 4 is 5.91 Å². The maximum absolute atomic E-state index is 13.0. The van der Waals surface area contributed by atoms with E-state index in [0.717, 1.165) is 37.2 Å². The van der Waals surface area contributed by atoms with E-state index in [-0.39, 0.29) is 11.3 Å². The molecule has 166 valence electrons. The molecule has 31 heavy (non-hydrogen) atoms. The number of hydrogen-bond acceptors (Lipinski definition) is 6. The van der Waals surface area contributed by atoms with E-state index in [1.54, 1.807) is 12.1 Å². The van der Waals surface area contributed by atoms with Crippen molar-refractivity contribution in [2.45, 2.75) is 31.1 Å². The van der Waals surface area contributed by atoms with Crippen LogP contribution in [0.4, 0.5) is 0 Å². The van der Waals surface area contributed by atoms with Crippen LogP contribution in [-0.4, -0.2) is 47.0 Å². The van der Waals surface area contributed by atoms with Gasteiger partial charge in [-0.1, -0.05) is 18.9 Å². The van der Waals surface area contributed by atoms with Crippen LogP contribution in [0, 0.1) is 0 Å². The predicted octanol–water partition coefficient (Wildman–Crippen LogP) is 3.73. The summed E-state index contributed by atoms with van der Waals surface area (Å²) in [7, 11) is 4.61. The van der Waals surface area contributed by atoms with Gasteiger partial charge in [-0.3, -0.25) is 4.79 Å². The summed E-state index contributed by atoms with van der Waals surface area (Å²) >= 11 is 0. The number of carbonyl (C=O) groups is 1. The van der Waals surface area contributed by atoms with Crippen molar-refractivity contribution in [3.63, 3.8) is 0 Å². The second-order valence-electron chi connectivity index (χ2n) is 7.94. The zero-order valence-corrected chi connectivity index (χ0v) is 18.3. The number of amides is 1. The molecule has 0 atom stereocenters. The normalized spacial score (nSPS) is 16.5. The Morgan fingerprint density at radius 3 is 2.19 bits per heavy atom. The highest BCUT2D eigenvalue weighted by Crippen LogP contribution is 2.44. The maximum atomic E-state index is 13.0. The molecule has 7 heteroatoms. The summed E-state index contributed by atoms with van der Waals surface area (Å²) in [6.07, 6.45) is 4.30. The zero-order chi connectivity index (χ0) is 21.8. The molecule has 0 spiro atoms. The molecule has 4 rings (SSSR count). The molecule has 7 nitrogen and oxygen atoms in total. The minimum atomic E-state index is -0.178. The molecule has 2 aromatic carbocycles. The first-order valence-corrected chi connectivity index (χ1v) is 10.6. The summed E-state index contributed by atoms with van der Waals surface area (Å²) in [6.45, 7) is 1.67. The summed E-state index contributed by atoms with van der Waals surface area (Å²) in [5, 5.41) is 3.14. The van der Waals surface area contributed by atoms with Gasteiger partial charge in [0.15, 0.2) is 23.0 Å². The molecule has 0 saturated heterocycles. The van der Waals surface area contributed by atoms with Crippen LogP contribution in [0.5, 0.6) is 28.7 Å². The lowest BCUT2D eigenvalue weighted by Gasteiger charge is -2.31. The summed E-state index contributed by atoms with van der Waals surface area (Å²) in [5.41, 5.74) is 1.52. The van der Waals surface area contributed by atoms with Crippen LogP contribution >= 0.6 is 0 Å². The zero-order valence-electron chi connectivity index (χ0n) is 18.3. The third-order valence-electron chi connectivity index (χ3n) is 6.23. The van der Waals surface area contributed by atoms with Crippen molar-refractivity contribution in [3.8, 4) is 28.7 Å². The van der Waals surface area contributed by atoms with Crippen LogP contribution in [0.3, 0.4) is 0 Å². The third kappa shape index (κ3) is 4.09. The first-order chi connectivity index (χ1) is 15.1. The molecule has 0 bridgehead atoms. The molecule has 1 N–H and O–H groups in total. The molecule has 0 radical (unpaired) electrons. The van der Waals surface area contributed by atoms with Gasteiger partial charge in [-0.05, 0) is 42.7 Å². The van der Waals surface area contributed by atoms with E-state index >= 15 is 0 Å². The van der Waals surface area contributed by atoms with Gasteiger partial charge in [-0.2, -0.15) is 0 Å². The smallest absolute Gasteiger partial charge is 0.251 e. The molecule has 1 heterocycles. The second kappa shape index (κ2) is 8.96. The van der Waals surface area contributed by atoms with Crippen molar-refractivity contribution in [3.05, 3.63) is 41.5 Å². The number of benzene rings is 2. The van der Waals surface area contributed by atoms with Crippen LogP contribution in [0.25, 0.3) is 0 Å². The molecule has 0 aromatic heterocycles. The minimum Gasteiger partial charge on any atom is -0.493 e. The van der Waals surface area contributed by atoms with Gasteiger partial charge in [0.05, 0.1) is 21.3 Å². The van der Waals surface area contributed by atoms with Gasteiger partial charge in [0.1, 0.15) is 13.2 Å². The Hall–Kier alpha value is -3.09. The highest BCUT2D eigenvalue weighted by atomic mass is 16.6. The molecular formula is C24H29NO6. The third-order valence-corrected chi connectivity index (χ3v) is 6.23. The van der Waals surface area contributed by atoms with E-state index in [9.17, 15) is 4.79 Å². The van der Waals surface area contributed by atoms with Crippen molar-refractivity contribution < 1.29 is 28.5 Å². The van der Waals surface area contributed by atoms with Crippen LogP contribution in [0.2, 0.25) is 0 Å². The number of fused-ring (bicyclic) bond motifs is 1. The molecule has 1 fully saturated rings. The lowest BCUT2D eigenvalue weighted by atomic mass is 9.78. The monoisotopic (exact) mass is 427 g/mol. The molecule has 2 aliphatic rings. The summed E-state index contributed by atoms with van der Waals surface area (Å²) in [5.74, 6) is 2.76. The molecule has 1 aliphatic heterocycles. The van der Waals surface area contributed by atoms with Crippen LogP contribution < -0.4 is 29.0 Å². The minimum absolute atomic E-state index is 0.119. The summed E-state index contributed by atoms with van der Waals surface area (Å²) in [6, 6.07) is 9.49. The number of carbonyl (C=O) groups excluding carboxylic acids is 1. The van der Waals surface area contributed by atoms with Crippen molar-refractivity contribution in [2.75, 3.05) is 41.1 Å². The number of ether oxygens (including phenoxy) is 5. The SMILES string of the molecule is COc1cc(C(=O)NCC2(c3ccc4c(c3)OCCO4)CCCC2)cc(OC)c1OC. The summed E-state index contributed by atoms with van der Waals surface area (Å²) < 4.78 is 27.6. The van der Waals surface area contributed by atoms with Crippen molar-refractivity contribution in [1.29, 1.82) is 0 Å². The van der Waals surface area contributed by atoms with Gasteiger partial charge in [-0.25, -0.2) is 0 Å². The van der Waals surface area contributed by atoms with E-state index in [2.05, 4.69) is 17.4 Å². The molecule has 1 saturated carbocycles. The largest absolute Gasteiger partial charge is 0.493 e. The topological polar surface area (TPSA) is 75.3 Å². The lowest BCUT2D eigenvalue weighted by Crippen LogP contribution is -2.39. The predicted molar refractivity (Wildman–Crippen MR) is 116 cm³/mol. The maximum Gasteiger partial charge on any atom is 0.251 e. The molecule has 1 amide bonds. The number of hydrogen-bond donors (Lipinski definition) is 1. The first-order valence-electron chi connectivity index (χ1n) is 10.6. The Labute approximate surface area is 182 Å². The molecular weight excluding hydrogens is 398 g/mol. The highest BCUT2D eigenvalue weighted by Gasteiger charge is 2.37. The average Bonchev–Trinajstić information content (AvgIpc) is 3.31. The Morgan fingerprint density at radius 2 is 1.58 bits per heavy atom. The van der Waals surface area contributed by atoms with Gasteiger partial charge >= 0.3 is 0 Å². The van der Waals surface area contributed by atoms with E-state index in [1.807, 2.05) is 6.07 Å².